The number of hydrogen-bond acceptors (Lipinski definition) is 5. The SMILES string of the molecule is O=C(C1CC1)N1CCCCC[C@H]1C1CCN(Cc2nnc(C3CC3)o2)CC1. The number of carbonyl (C=O) groups is 1. The highest BCUT2D eigenvalue weighted by Gasteiger charge is 2.40. The van der Waals surface area contributed by atoms with Crippen LogP contribution in [0.2, 0.25) is 0 Å². The lowest BCUT2D eigenvalue weighted by Crippen LogP contribution is -2.48. The van der Waals surface area contributed by atoms with Gasteiger partial charge >= 0.3 is 0 Å². The van der Waals surface area contributed by atoms with Crippen LogP contribution in [0.5, 0.6) is 0 Å². The first-order chi connectivity index (χ1) is 13.3. The van der Waals surface area contributed by atoms with Crippen molar-refractivity contribution >= 4 is 5.91 Å². The Morgan fingerprint density at radius 1 is 0.926 bits per heavy atom. The molecule has 2 saturated heterocycles. The largest absolute Gasteiger partial charge is 0.424 e. The number of piperidine rings is 1. The lowest BCUT2D eigenvalue weighted by atomic mass is 9.86. The minimum atomic E-state index is 0.351. The van der Waals surface area contributed by atoms with Crippen LogP contribution in [0.1, 0.15) is 81.9 Å². The van der Waals surface area contributed by atoms with Gasteiger partial charge in [-0.05, 0) is 70.4 Å². The van der Waals surface area contributed by atoms with Gasteiger partial charge in [-0.3, -0.25) is 9.69 Å². The van der Waals surface area contributed by atoms with Crippen LogP contribution in [0, 0.1) is 11.8 Å². The molecule has 0 N–H and O–H groups in total. The van der Waals surface area contributed by atoms with Gasteiger partial charge in [0.15, 0.2) is 0 Å². The van der Waals surface area contributed by atoms with Gasteiger partial charge in [0.2, 0.25) is 17.7 Å². The fourth-order valence-electron chi connectivity index (χ4n) is 4.98. The van der Waals surface area contributed by atoms with Crippen LogP contribution in [0.3, 0.4) is 0 Å². The molecule has 3 heterocycles. The number of rotatable bonds is 5. The lowest BCUT2D eigenvalue weighted by Gasteiger charge is -2.40. The van der Waals surface area contributed by atoms with E-state index in [9.17, 15) is 4.79 Å². The normalized spacial score (nSPS) is 28.3. The van der Waals surface area contributed by atoms with Crippen LogP contribution < -0.4 is 0 Å². The first kappa shape index (κ1) is 17.7. The summed E-state index contributed by atoms with van der Waals surface area (Å²) in [4.78, 5) is 17.6. The van der Waals surface area contributed by atoms with Crippen LogP contribution in [0.15, 0.2) is 4.42 Å². The van der Waals surface area contributed by atoms with E-state index < -0.39 is 0 Å². The molecule has 0 unspecified atom stereocenters. The molecule has 4 fully saturated rings. The van der Waals surface area contributed by atoms with Crippen LogP contribution in [-0.2, 0) is 11.3 Å². The van der Waals surface area contributed by atoms with Crippen molar-refractivity contribution in [1.29, 1.82) is 0 Å². The molecule has 0 spiro atoms. The Balaban J connectivity index is 1.17. The molecule has 27 heavy (non-hydrogen) atoms. The van der Waals surface area contributed by atoms with Crippen molar-refractivity contribution in [1.82, 2.24) is 20.0 Å². The van der Waals surface area contributed by atoms with E-state index in [0.29, 0.717) is 29.7 Å². The molecule has 0 radical (unpaired) electrons. The number of likely N-dealkylation sites (tertiary alicyclic amines) is 2. The number of nitrogens with zero attached hydrogens (tertiary/aromatic N) is 4. The molecule has 0 bridgehead atoms. The predicted octanol–water partition coefficient (Wildman–Crippen LogP) is 3.34. The first-order valence-electron chi connectivity index (χ1n) is 11.1. The fraction of sp³-hybridized carbons (Fsp3) is 0.857. The number of amides is 1. The highest BCUT2D eigenvalue weighted by Crippen LogP contribution is 2.39. The third kappa shape index (κ3) is 4.05. The van der Waals surface area contributed by atoms with Crippen molar-refractivity contribution in [3.8, 4) is 0 Å². The molecule has 148 valence electrons. The second-order valence-electron chi connectivity index (χ2n) is 9.14. The molecule has 2 aliphatic carbocycles. The van der Waals surface area contributed by atoms with Crippen LogP contribution >= 0.6 is 0 Å². The van der Waals surface area contributed by atoms with E-state index in [1.54, 1.807) is 0 Å². The highest BCUT2D eigenvalue weighted by atomic mass is 16.4. The maximum absolute atomic E-state index is 12.8. The minimum absolute atomic E-state index is 0.351. The molecule has 1 aromatic rings. The van der Waals surface area contributed by atoms with Gasteiger partial charge in [0.05, 0.1) is 6.54 Å². The molecule has 6 nitrogen and oxygen atoms in total. The Labute approximate surface area is 161 Å². The van der Waals surface area contributed by atoms with Crippen LogP contribution in [0.25, 0.3) is 0 Å². The van der Waals surface area contributed by atoms with E-state index in [1.165, 1.54) is 51.4 Å². The van der Waals surface area contributed by atoms with E-state index in [2.05, 4.69) is 20.0 Å². The van der Waals surface area contributed by atoms with E-state index >= 15 is 0 Å². The zero-order valence-electron chi connectivity index (χ0n) is 16.3. The molecule has 6 heteroatoms. The number of hydrogen-bond donors (Lipinski definition) is 0. The smallest absolute Gasteiger partial charge is 0.230 e. The zero-order valence-corrected chi connectivity index (χ0v) is 16.3. The molecule has 4 aliphatic rings. The maximum atomic E-state index is 12.8. The van der Waals surface area contributed by atoms with Crippen molar-refractivity contribution in [2.75, 3.05) is 19.6 Å². The summed E-state index contributed by atoms with van der Waals surface area (Å²) in [6.45, 7) is 3.93. The highest BCUT2D eigenvalue weighted by molar-refractivity contribution is 5.81. The fourth-order valence-corrected chi connectivity index (χ4v) is 4.98. The van der Waals surface area contributed by atoms with E-state index in [1.807, 2.05) is 0 Å². The molecule has 1 aromatic heterocycles. The van der Waals surface area contributed by atoms with Gasteiger partial charge in [0.25, 0.3) is 0 Å². The molecule has 1 amide bonds. The topological polar surface area (TPSA) is 62.5 Å². The summed E-state index contributed by atoms with van der Waals surface area (Å²) in [6, 6.07) is 0.479. The summed E-state index contributed by atoms with van der Waals surface area (Å²) < 4.78 is 5.84. The monoisotopic (exact) mass is 372 g/mol. The third-order valence-corrected chi connectivity index (χ3v) is 6.95. The Kier molecular flexibility index (Phi) is 4.92. The predicted molar refractivity (Wildman–Crippen MR) is 101 cm³/mol. The van der Waals surface area contributed by atoms with Gasteiger partial charge in [0.1, 0.15) is 0 Å². The molecule has 2 aliphatic heterocycles. The molecular formula is C21H32N4O2. The van der Waals surface area contributed by atoms with Crippen LogP contribution in [-0.4, -0.2) is 51.6 Å². The zero-order chi connectivity index (χ0) is 18.2. The summed E-state index contributed by atoms with van der Waals surface area (Å²) in [5.74, 6) is 3.61. The molecular weight excluding hydrogens is 340 g/mol. The van der Waals surface area contributed by atoms with Crippen LogP contribution in [0.4, 0.5) is 0 Å². The van der Waals surface area contributed by atoms with Crippen molar-refractivity contribution in [3.05, 3.63) is 11.8 Å². The van der Waals surface area contributed by atoms with Gasteiger partial charge in [-0.1, -0.05) is 12.8 Å². The second-order valence-corrected chi connectivity index (χ2v) is 9.14. The minimum Gasteiger partial charge on any atom is -0.424 e. The summed E-state index contributed by atoms with van der Waals surface area (Å²) in [7, 11) is 0. The van der Waals surface area contributed by atoms with Gasteiger partial charge in [-0.15, -0.1) is 10.2 Å². The Morgan fingerprint density at radius 2 is 1.74 bits per heavy atom. The summed E-state index contributed by atoms with van der Waals surface area (Å²) in [5.41, 5.74) is 0. The van der Waals surface area contributed by atoms with Crippen molar-refractivity contribution in [2.24, 2.45) is 11.8 Å². The van der Waals surface area contributed by atoms with Gasteiger partial charge < -0.3 is 9.32 Å². The van der Waals surface area contributed by atoms with Crippen molar-refractivity contribution < 1.29 is 9.21 Å². The van der Waals surface area contributed by atoms with Crippen molar-refractivity contribution in [2.45, 2.75) is 82.7 Å². The Bertz CT molecular complexity index is 659. The van der Waals surface area contributed by atoms with Gasteiger partial charge in [-0.25, -0.2) is 0 Å². The molecule has 1 atom stereocenters. The average Bonchev–Trinajstić information content (AvgIpc) is 3.59. The second kappa shape index (κ2) is 7.53. The molecule has 0 aromatic carbocycles. The summed E-state index contributed by atoms with van der Waals surface area (Å²) in [6.07, 6.45) is 12.0. The first-order valence-corrected chi connectivity index (χ1v) is 11.1. The average molecular weight is 373 g/mol. The van der Waals surface area contributed by atoms with E-state index in [-0.39, 0.29) is 0 Å². The summed E-state index contributed by atoms with van der Waals surface area (Å²) >= 11 is 0. The van der Waals surface area contributed by atoms with E-state index in [4.69, 9.17) is 4.42 Å². The van der Waals surface area contributed by atoms with Gasteiger partial charge in [0, 0.05) is 24.4 Å². The molecule has 5 rings (SSSR count). The Hall–Kier alpha value is -1.43. The lowest BCUT2D eigenvalue weighted by molar-refractivity contribution is -0.136. The Morgan fingerprint density at radius 3 is 2.48 bits per heavy atom. The standard InChI is InChI=1S/C21H32N4O2/c26-21(17-7-8-17)25-11-3-1-2-4-18(25)15-9-12-24(13-10-15)14-19-22-23-20(27-19)16-5-6-16/h15-18H,1-14H2/t18-/m0/s1. The van der Waals surface area contributed by atoms with Gasteiger partial charge in [-0.2, -0.15) is 0 Å². The van der Waals surface area contributed by atoms with E-state index in [0.717, 1.165) is 50.8 Å². The maximum Gasteiger partial charge on any atom is 0.230 e. The molecule has 2 saturated carbocycles. The third-order valence-electron chi connectivity index (χ3n) is 6.95. The van der Waals surface area contributed by atoms with Crippen molar-refractivity contribution in [3.63, 3.8) is 0 Å². The number of carbonyl (C=O) groups excluding carboxylic acids is 1. The summed E-state index contributed by atoms with van der Waals surface area (Å²) in [5, 5.41) is 8.45. The quantitative estimate of drug-likeness (QED) is 0.793. The number of aromatic nitrogens is 2.